The van der Waals surface area contributed by atoms with E-state index in [0.717, 1.165) is 30.6 Å². The molecular formula is C15H21ClN2O2. The highest BCUT2D eigenvalue weighted by atomic mass is 35.5. The van der Waals surface area contributed by atoms with Crippen LogP contribution >= 0.6 is 11.6 Å². The number of nitrogens with one attached hydrogen (secondary N) is 1. The topological polar surface area (TPSA) is 52.6 Å². The SMILES string of the molecule is Cc1cc(NC(=O)CN(C)CC2(CO)CC2)ccc1Cl. The van der Waals surface area contributed by atoms with E-state index in [1.54, 1.807) is 12.1 Å². The normalized spacial score (nSPS) is 16.2. The summed E-state index contributed by atoms with van der Waals surface area (Å²) in [6.07, 6.45) is 2.09. The minimum Gasteiger partial charge on any atom is -0.396 e. The monoisotopic (exact) mass is 296 g/mol. The predicted molar refractivity (Wildman–Crippen MR) is 81.1 cm³/mol. The van der Waals surface area contributed by atoms with E-state index in [1.165, 1.54) is 0 Å². The summed E-state index contributed by atoms with van der Waals surface area (Å²) in [4.78, 5) is 13.9. The van der Waals surface area contributed by atoms with Crippen LogP contribution in [0.1, 0.15) is 18.4 Å². The van der Waals surface area contributed by atoms with Crippen molar-refractivity contribution in [3.8, 4) is 0 Å². The average molecular weight is 297 g/mol. The van der Waals surface area contributed by atoms with E-state index in [-0.39, 0.29) is 17.9 Å². The summed E-state index contributed by atoms with van der Waals surface area (Å²) in [5, 5.41) is 12.8. The Labute approximate surface area is 124 Å². The van der Waals surface area contributed by atoms with Crippen molar-refractivity contribution in [2.45, 2.75) is 19.8 Å². The summed E-state index contributed by atoms with van der Waals surface area (Å²) < 4.78 is 0. The first-order chi connectivity index (χ1) is 9.44. The maximum absolute atomic E-state index is 12.0. The molecule has 4 nitrogen and oxygen atoms in total. The predicted octanol–water partition coefficient (Wildman–Crippen LogP) is 2.29. The molecule has 0 atom stereocenters. The van der Waals surface area contributed by atoms with Crippen molar-refractivity contribution >= 4 is 23.2 Å². The Morgan fingerprint density at radius 3 is 2.75 bits per heavy atom. The van der Waals surface area contributed by atoms with Gasteiger partial charge in [0.1, 0.15) is 0 Å². The van der Waals surface area contributed by atoms with Crippen LogP contribution in [-0.2, 0) is 4.79 Å². The molecule has 1 amide bonds. The van der Waals surface area contributed by atoms with E-state index in [2.05, 4.69) is 5.32 Å². The molecule has 0 saturated heterocycles. The molecule has 0 bridgehead atoms. The van der Waals surface area contributed by atoms with Gasteiger partial charge in [-0.1, -0.05) is 11.6 Å². The zero-order valence-electron chi connectivity index (χ0n) is 11.9. The van der Waals surface area contributed by atoms with Gasteiger partial charge in [0.2, 0.25) is 5.91 Å². The van der Waals surface area contributed by atoms with E-state index >= 15 is 0 Å². The summed E-state index contributed by atoms with van der Waals surface area (Å²) >= 11 is 5.95. The highest BCUT2D eigenvalue weighted by Crippen LogP contribution is 2.45. The van der Waals surface area contributed by atoms with Gasteiger partial charge in [-0.3, -0.25) is 9.69 Å². The van der Waals surface area contributed by atoms with E-state index in [4.69, 9.17) is 11.6 Å². The van der Waals surface area contributed by atoms with Crippen molar-refractivity contribution in [1.29, 1.82) is 0 Å². The van der Waals surface area contributed by atoms with Crippen LogP contribution in [0.4, 0.5) is 5.69 Å². The molecule has 110 valence electrons. The second-order valence-electron chi connectivity index (χ2n) is 5.84. The molecule has 0 aliphatic heterocycles. The molecule has 1 saturated carbocycles. The number of carbonyl (C=O) groups excluding carboxylic acids is 1. The number of aliphatic hydroxyl groups is 1. The Morgan fingerprint density at radius 1 is 1.50 bits per heavy atom. The molecule has 0 aromatic heterocycles. The second kappa shape index (κ2) is 6.12. The van der Waals surface area contributed by atoms with Crippen LogP contribution in [0.5, 0.6) is 0 Å². The first kappa shape index (κ1) is 15.3. The maximum atomic E-state index is 12.0. The van der Waals surface area contributed by atoms with Crippen LogP contribution in [0, 0.1) is 12.3 Å². The largest absolute Gasteiger partial charge is 0.396 e. The molecule has 5 heteroatoms. The number of aliphatic hydroxyl groups excluding tert-OH is 1. The van der Waals surface area contributed by atoms with Crippen LogP contribution in [-0.4, -0.2) is 42.7 Å². The Bertz CT molecular complexity index is 501. The third-order valence-corrected chi connectivity index (χ3v) is 4.18. The summed E-state index contributed by atoms with van der Waals surface area (Å²) in [5.41, 5.74) is 1.73. The molecule has 1 aliphatic carbocycles. The van der Waals surface area contributed by atoms with Crippen molar-refractivity contribution in [3.63, 3.8) is 0 Å². The van der Waals surface area contributed by atoms with Crippen LogP contribution < -0.4 is 5.32 Å². The van der Waals surface area contributed by atoms with E-state index in [1.807, 2.05) is 24.9 Å². The van der Waals surface area contributed by atoms with E-state index in [9.17, 15) is 9.90 Å². The van der Waals surface area contributed by atoms with Crippen molar-refractivity contribution < 1.29 is 9.90 Å². The minimum absolute atomic E-state index is 0.0336. The minimum atomic E-state index is -0.0528. The zero-order chi connectivity index (χ0) is 14.8. The lowest BCUT2D eigenvalue weighted by Crippen LogP contribution is -2.35. The lowest BCUT2D eigenvalue weighted by Gasteiger charge is -2.21. The third-order valence-electron chi connectivity index (χ3n) is 3.75. The van der Waals surface area contributed by atoms with Gasteiger partial charge in [0.15, 0.2) is 0 Å². The Hall–Kier alpha value is -1.10. The van der Waals surface area contributed by atoms with Gasteiger partial charge in [-0.05, 0) is 50.6 Å². The summed E-state index contributed by atoms with van der Waals surface area (Å²) in [6, 6.07) is 5.43. The van der Waals surface area contributed by atoms with Gasteiger partial charge >= 0.3 is 0 Å². The number of halogens is 1. The zero-order valence-corrected chi connectivity index (χ0v) is 12.7. The molecule has 0 heterocycles. The number of benzene rings is 1. The lowest BCUT2D eigenvalue weighted by atomic mass is 10.1. The van der Waals surface area contributed by atoms with Crippen molar-refractivity contribution in [1.82, 2.24) is 4.90 Å². The average Bonchev–Trinajstić information content (AvgIpc) is 3.14. The van der Waals surface area contributed by atoms with Crippen molar-refractivity contribution in [2.75, 3.05) is 32.1 Å². The standard InChI is InChI=1S/C15H21ClN2O2/c1-11-7-12(3-4-13(11)16)17-14(20)8-18(2)9-15(10-19)5-6-15/h3-4,7,19H,5-6,8-10H2,1-2H3,(H,17,20). The number of likely N-dealkylation sites (N-methyl/N-ethyl adjacent to an activating group) is 1. The number of anilines is 1. The Morgan fingerprint density at radius 2 is 2.20 bits per heavy atom. The summed E-state index contributed by atoms with van der Waals surface area (Å²) in [6.45, 7) is 3.19. The number of carbonyl (C=O) groups is 1. The van der Waals surface area contributed by atoms with Gasteiger partial charge in [-0.25, -0.2) is 0 Å². The Balaban J connectivity index is 1.84. The maximum Gasteiger partial charge on any atom is 0.238 e. The number of rotatable bonds is 6. The molecule has 1 aliphatic rings. The van der Waals surface area contributed by atoms with Crippen molar-refractivity contribution in [2.24, 2.45) is 5.41 Å². The van der Waals surface area contributed by atoms with Crippen LogP contribution in [0.2, 0.25) is 5.02 Å². The fourth-order valence-electron chi connectivity index (χ4n) is 2.34. The Kier molecular flexibility index (Phi) is 4.68. The first-order valence-corrected chi connectivity index (χ1v) is 7.17. The van der Waals surface area contributed by atoms with Crippen LogP contribution in [0.25, 0.3) is 0 Å². The van der Waals surface area contributed by atoms with Gasteiger partial charge in [0.25, 0.3) is 0 Å². The van der Waals surface area contributed by atoms with E-state index in [0.29, 0.717) is 11.6 Å². The van der Waals surface area contributed by atoms with Gasteiger partial charge in [0, 0.05) is 29.3 Å². The smallest absolute Gasteiger partial charge is 0.238 e. The van der Waals surface area contributed by atoms with Crippen LogP contribution in [0.3, 0.4) is 0 Å². The molecular weight excluding hydrogens is 276 g/mol. The highest BCUT2D eigenvalue weighted by molar-refractivity contribution is 6.31. The summed E-state index contributed by atoms with van der Waals surface area (Å²) in [5.74, 6) is -0.0528. The first-order valence-electron chi connectivity index (χ1n) is 6.79. The number of nitrogens with zero attached hydrogens (tertiary/aromatic N) is 1. The number of hydrogen-bond acceptors (Lipinski definition) is 3. The lowest BCUT2D eigenvalue weighted by molar-refractivity contribution is -0.117. The van der Waals surface area contributed by atoms with Gasteiger partial charge < -0.3 is 10.4 Å². The van der Waals surface area contributed by atoms with Crippen molar-refractivity contribution in [3.05, 3.63) is 28.8 Å². The number of hydrogen-bond donors (Lipinski definition) is 2. The molecule has 1 fully saturated rings. The quantitative estimate of drug-likeness (QED) is 0.847. The highest BCUT2D eigenvalue weighted by Gasteiger charge is 2.42. The molecule has 0 unspecified atom stereocenters. The van der Waals surface area contributed by atoms with E-state index < -0.39 is 0 Å². The molecule has 0 radical (unpaired) electrons. The molecule has 1 aromatic rings. The van der Waals surface area contributed by atoms with Gasteiger partial charge in [0.05, 0.1) is 6.54 Å². The molecule has 2 rings (SSSR count). The second-order valence-corrected chi connectivity index (χ2v) is 6.25. The summed E-state index contributed by atoms with van der Waals surface area (Å²) in [7, 11) is 1.91. The fourth-order valence-corrected chi connectivity index (χ4v) is 2.46. The number of amides is 1. The number of aryl methyl sites for hydroxylation is 1. The third kappa shape index (κ3) is 3.95. The molecule has 20 heavy (non-hydrogen) atoms. The molecule has 1 aromatic carbocycles. The molecule has 0 spiro atoms. The molecule has 2 N–H and O–H groups in total. The van der Waals surface area contributed by atoms with Crippen LogP contribution in [0.15, 0.2) is 18.2 Å². The fraction of sp³-hybridized carbons (Fsp3) is 0.533. The van der Waals surface area contributed by atoms with Gasteiger partial charge in [-0.15, -0.1) is 0 Å². The van der Waals surface area contributed by atoms with Gasteiger partial charge in [-0.2, -0.15) is 0 Å².